The average Bonchev–Trinajstić information content (AvgIpc) is 3.10. The highest BCUT2D eigenvalue weighted by Crippen LogP contribution is 2.14. The van der Waals surface area contributed by atoms with E-state index in [1.165, 1.54) is 21.1 Å². The molecule has 0 radical (unpaired) electrons. The largest absolute Gasteiger partial charge is 0.378 e. The van der Waals surface area contributed by atoms with Crippen molar-refractivity contribution in [2.24, 2.45) is 4.99 Å². The Kier molecular flexibility index (Phi) is 8.41. The molecule has 1 aromatic heterocycles. The number of thiazole rings is 1. The van der Waals surface area contributed by atoms with Crippen LogP contribution in [0, 0.1) is 0 Å². The number of hydrogen-bond acceptors (Lipinski definition) is 4. The first-order chi connectivity index (χ1) is 12.6. The topological polar surface area (TPSA) is 52.6 Å². The van der Waals surface area contributed by atoms with Crippen molar-refractivity contribution in [2.75, 3.05) is 38.6 Å². The first-order valence-corrected chi connectivity index (χ1v) is 10.2. The number of guanidine groups is 1. The van der Waals surface area contributed by atoms with Gasteiger partial charge in [0.15, 0.2) is 5.96 Å². The van der Waals surface area contributed by atoms with Crippen molar-refractivity contribution < 1.29 is 0 Å². The van der Waals surface area contributed by atoms with E-state index in [9.17, 15) is 0 Å². The predicted octanol–water partition coefficient (Wildman–Crippen LogP) is 3.11. The van der Waals surface area contributed by atoms with Crippen molar-refractivity contribution >= 4 is 23.0 Å². The molecule has 2 N–H and O–H groups in total. The summed E-state index contributed by atoms with van der Waals surface area (Å²) in [4.78, 5) is 12.6. The number of nitrogens with zero attached hydrogens (tertiary/aromatic N) is 3. The van der Waals surface area contributed by atoms with Crippen molar-refractivity contribution in [3.63, 3.8) is 0 Å². The number of aryl methyl sites for hydroxylation is 1. The molecule has 0 spiro atoms. The number of aromatic nitrogens is 1. The summed E-state index contributed by atoms with van der Waals surface area (Å²) in [7, 11) is 4.12. The Morgan fingerprint density at radius 2 is 1.88 bits per heavy atom. The van der Waals surface area contributed by atoms with Gasteiger partial charge in [0.05, 0.1) is 5.01 Å². The van der Waals surface area contributed by atoms with E-state index in [1.54, 1.807) is 11.3 Å². The van der Waals surface area contributed by atoms with Crippen LogP contribution in [0.3, 0.4) is 0 Å². The fourth-order valence-corrected chi connectivity index (χ4v) is 3.37. The zero-order valence-corrected chi connectivity index (χ0v) is 17.2. The first-order valence-electron chi connectivity index (χ1n) is 9.34. The van der Waals surface area contributed by atoms with Crippen LogP contribution in [0.2, 0.25) is 0 Å². The lowest BCUT2D eigenvalue weighted by atomic mass is 10.1. The lowest BCUT2D eigenvalue weighted by Crippen LogP contribution is -2.38. The Hall–Kier alpha value is -2.08. The molecule has 26 heavy (non-hydrogen) atoms. The van der Waals surface area contributed by atoms with Crippen LogP contribution in [-0.4, -0.2) is 44.7 Å². The highest BCUT2D eigenvalue weighted by Gasteiger charge is 2.02. The predicted molar refractivity (Wildman–Crippen MR) is 114 cm³/mol. The van der Waals surface area contributed by atoms with Crippen molar-refractivity contribution in [3.05, 3.63) is 45.9 Å². The van der Waals surface area contributed by atoms with Gasteiger partial charge in [-0.05, 0) is 37.5 Å². The molecule has 142 valence electrons. The normalized spacial score (nSPS) is 11.5. The van der Waals surface area contributed by atoms with E-state index in [4.69, 9.17) is 0 Å². The molecule has 0 saturated carbocycles. The third-order valence-electron chi connectivity index (χ3n) is 4.05. The second-order valence-corrected chi connectivity index (χ2v) is 7.52. The zero-order valence-electron chi connectivity index (χ0n) is 16.4. The summed E-state index contributed by atoms with van der Waals surface area (Å²) in [5.41, 5.74) is 2.55. The van der Waals surface area contributed by atoms with Crippen LogP contribution >= 0.6 is 11.3 Å². The average molecular weight is 374 g/mol. The summed E-state index contributed by atoms with van der Waals surface area (Å²) in [6.07, 6.45) is 4.91. The summed E-state index contributed by atoms with van der Waals surface area (Å²) in [5.74, 6) is 0.879. The molecule has 0 aliphatic rings. The van der Waals surface area contributed by atoms with E-state index < -0.39 is 0 Å². The Labute approximate surface area is 161 Å². The molecule has 5 nitrogen and oxygen atoms in total. The van der Waals surface area contributed by atoms with Crippen LogP contribution in [0.1, 0.15) is 29.3 Å². The minimum Gasteiger partial charge on any atom is -0.378 e. The number of benzene rings is 1. The van der Waals surface area contributed by atoms with Gasteiger partial charge in [-0.25, -0.2) is 4.98 Å². The molecule has 0 aliphatic carbocycles. The van der Waals surface area contributed by atoms with Crippen LogP contribution < -0.4 is 15.5 Å². The maximum absolute atomic E-state index is 4.67. The Bertz CT molecular complexity index is 676. The standard InChI is InChI=1S/C20H31N5S/c1-5-18-15-24-19(26-18)12-14-23-20(21-6-2)22-13-11-16-7-9-17(10-8-16)25(3)4/h7-10,15H,5-6,11-14H2,1-4H3,(H2,21,22,23). The minimum atomic E-state index is 0.754. The molecule has 0 unspecified atom stereocenters. The van der Waals surface area contributed by atoms with Gasteiger partial charge in [-0.2, -0.15) is 0 Å². The van der Waals surface area contributed by atoms with Gasteiger partial charge in [0.2, 0.25) is 0 Å². The molecule has 0 amide bonds. The van der Waals surface area contributed by atoms with Gasteiger partial charge in [-0.15, -0.1) is 11.3 Å². The van der Waals surface area contributed by atoms with E-state index in [1.807, 2.05) is 6.20 Å². The molecule has 2 rings (SSSR count). The molecule has 6 heteroatoms. The van der Waals surface area contributed by atoms with Gasteiger partial charge in [0.25, 0.3) is 0 Å². The van der Waals surface area contributed by atoms with Gasteiger partial charge in [-0.3, -0.25) is 4.99 Å². The summed E-state index contributed by atoms with van der Waals surface area (Å²) in [6.45, 7) is 6.73. The molecule has 0 atom stereocenters. The number of nitrogens with one attached hydrogen (secondary N) is 2. The van der Waals surface area contributed by atoms with Crippen LogP contribution in [0.25, 0.3) is 0 Å². The highest BCUT2D eigenvalue weighted by molar-refractivity contribution is 7.11. The molecule has 0 aliphatic heterocycles. The number of hydrogen-bond donors (Lipinski definition) is 2. The molecule has 0 bridgehead atoms. The second-order valence-electron chi connectivity index (χ2n) is 6.32. The molecule has 2 aromatic rings. The molecule has 0 saturated heterocycles. The monoisotopic (exact) mass is 373 g/mol. The Balaban J connectivity index is 1.79. The van der Waals surface area contributed by atoms with Crippen molar-refractivity contribution in [1.29, 1.82) is 0 Å². The molecule has 1 aromatic carbocycles. The van der Waals surface area contributed by atoms with Gasteiger partial charge in [0.1, 0.15) is 0 Å². The van der Waals surface area contributed by atoms with E-state index in [0.717, 1.165) is 44.9 Å². The van der Waals surface area contributed by atoms with Gasteiger partial charge in [0, 0.05) is 56.9 Å². The van der Waals surface area contributed by atoms with Gasteiger partial charge < -0.3 is 15.5 Å². The number of aliphatic imine (C=N–C) groups is 1. The summed E-state index contributed by atoms with van der Waals surface area (Å²) < 4.78 is 0. The smallest absolute Gasteiger partial charge is 0.191 e. The minimum absolute atomic E-state index is 0.754. The van der Waals surface area contributed by atoms with Gasteiger partial charge >= 0.3 is 0 Å². The summed E-state index contributed by atoms with van der Waals surface area (Å²) in [6, 6.07) is 8.70. The summed E-state index contributed by atoms with van der Waals surface area (Å²) in [5, 5.41) is 7.90. The number of rotatable bonds is 9. The van der Waals surface area contributed by atoms with Crippen molar-refractivity contribution in [3.8, 4) is 0 Å². The quantitative estimate of drug-likeness (QED) is 0.524. The van der Waals surface area contributed by atoms with E-state index >= 15 is 0 Å². The van der Waals surface area contributed by atoms with E-state index in [2.05, 4.69) is 77.7 Å². The first kappa shape index (κ1) is 20.2. The third-order valence-corrected chi connectivity index (χ3v) is 5.25. The fourth-order valence-electron chi connectivity index (χ4n) is 2.52. The number of anilines is 1. The van der Waals surface area contributed by atoms with Crippen LogP contribution in [0.5, 0.6) is 0 Å². The molecular weight excluding hydrogens is 342 g/mol. The third kappa shape index (κ3) is 6.67. The van der Waals surface area contributed by atoms with Gasteiger partial charge in [-0.1, -0.05) is 19.1 Å². The lowest BCUT2D eigenvalue weighted by Gasteiger charge is -2.13. The molecular formula is C20H31N5S. The molecule has 1 heterocycles. The SMILES string of the molecule is CCNC(=NCCc1ncc(CC)s1)NCCc1ccc(N(C)C)cc1. The Morgan fingerprint density at radius 3 is 2.50 bits per heavy atom. The maximum Gasteiger partial charge on any atom is 0.191 e. The fraction of sp³-hybridized carbons (Fsp3) is 0.500. The zero-order chi connectivity index (χ0) is 18.8. The Morgan fingerprint density at radius 1 is 1.12 bits per heavy atom. The van der Waals surface area contributed by atoms with Crippen LogP contribution in [0.4, 0.5) is 5.69 Å². The lowest BCUT2D eigenvalue weighted by molar-refractivity contribution is 0.796. The van der Waals surface area contributed by atoms with E-state index in [0.29, 0.717) is 0 Å². The van der Waals surface area contributed by atoms with Crippen molar-refractivity contribution in [2.45, 2.75) is 33.1 Å². The van der Waals surface area contributed by atoms with Crippen molar-refractivity contribution in [1.82, 2.24) is 15.6 Å². The van der Waals surface area contributed by atoms with Crippen LogP contribution in [0.15, 0.2) is 35.5 Å². The van der Waals surface area contributed by atoms with Crippen LogP contribution in [-0.2, 0) is 19.3 Å². The molecule has 0 fully saturated rings. The maximum atomic E-state index is 4.67. The summed E-state index contributed by atoms with van der Waals surface area (Å²) >= 11 is 1.79. The highest BCUT2D eigenvalue weighted by atomic mass is 32.1. The second kappa shape index (κ2) is 10.8. The van der Waals surface area contributed by atoms with E-state index in [-0.39, 0.29) is 0 Å².